The Bertz CT molecular complexity index is 763. The van der Waals surface area contributed by atoms with Crippen LogP contribution >= 0.6 is 22.9 Å². The molecule has 0 fully saturated rings. The summed E-state index contributed by atoms with van der Waals surface area (Å²) in [5.41, 5.74) is 2.10. The van der Waals surface area contributed by atoms with Gasteiger partial charge in [-0.1, -0.05) is 54.1 Å². The average Bonchev–Trinajstić information content (AvgIpc) is 2.98. The molecule has 0 aliphatic heterocycles. The van der Waals surface area contributed by atoms with E-state index in [0.29, 0.717) is 0 Å². The van der Waals surface area contributed by atoms with Crippen molar-refractivity contribution in [2.24, 2.45) is 0 Å². The van der Waals surface area contributed by atoms with Crippen LogP contribution in [0.4, 0.5) is 8.78 Å². The largest absolute Gasteiger partial charge is 0.263 e. The summed E-state index contributed by atoms with van der Waals surface area (Å²) in [4.78, 5) is 2.27. The molecular formula is C18H13ClF2S. The molecule has 22 heavy (non-hydrogen) atoms. The van der Waals surface area contributed by atoms with Crippen LogP contribution in [0.25, 0.3) is 10.4 Å². The molecule has 0 atom stereocenters. The highest BCUT2D eigenvalue weighted by molar-refractivity contribution is 7.15. The predicted molar refractivity (Wildman–Crippen MR) is 89.0 cm³/mol. The maximum Gasteiger partial charge on any atom is 0.263 e. The van der Waals surface area contributed by atoms with Crippen LogP contribution in [0.1, 0.15) is 22.4 Å². The van der Waals surface area contributed by atoms with Gasteiger partial charge >= 0.3 is 0 Å². The van der Waals surface area contributed by atoms with Crippen molar-refractivity contribution in [1.29, 1.82) is 0 Å². The zero-order valence-electron chi connectivity index (χ0n) is 11.6. The second-order valence-electron chi connectivity index (χ2n) is 4.96. The van der Waals surface area contributed by atoms with Gasteiger partial charge in [0, 0.05) is 26.8 Å². The fourth-order valence-corrected chi connectivity index (χ4v) is 3.49. The SMILES string of the molecule is FC(F)c1ccc(-c2ccc(Cc3ccccc3Cl)s2)cc1. The Kier molecular flexibility index (Phi) is 4.55. The van der Waals surface area contributed by atoms with Gasteiger partial charge in [-0.25, -0.2) is 8.78 Å². The van der Waals surface area contributed by atoms with Gasteiger partial charge in [-0.3, -0.25) is 0 Å². The average molecular weight is 335 g/mol. The summed E-state index contributed by atoms with van der Waals surface area (Å²) in [6.07, 6.45) is -1.65. The molecule has 3 rings (SSSR count). The topological polar surface area (TPSA) is 0 Å². The third-order valence-corrected chi connectivity index (χ3v) is 4.93. The summed E-state index contributed by atoms with van der Waals surface area (Å²) in [6, 6.07) is 18.3. The summed E-state index contributed by atoms with van der Waals surface area (Å²) in [5, 5.41) is 0.763. The molecule has 4 heteroatoms. The quantitative estimate of drug-likeness (QED) is 0.504. The summed E-state index contributed by atoms with van der Waals surface area (Å²) < 4.78 is 25.2. The van der Waals surface area contributed by atoms with Crippen LogP contribution in [-0.4, -0.2) is 0 Å². The van der Waals surface area contributed by atoms with E-state index < -0.39 is 6.43 Å². The summed E-state index contributed by atoms with van der Waals surface area (Å²) >= 11 is 7.84. The Morgan fingerprint density at radius 3 is 2.32 bits per heavy atom. The number of halogens is 3. The van der Waals surface area contributed by atoms with Gasteiger partial charge in [0.15, 0.2) is 0 Å². The van der Waals surface area contributed by atoms with Crippen LogP contribution in [0.5, 0.6) is 0 Å². The molecule has 112 valence electrons. The van der Waals surface area contributed by atoms with Crippen molar-refractivity contribution in [2.45, 2.75) is 12.8 Å². The van der Waals surface area contributed by atoms with Gasteiger partial charge in [0.05, 0.1) is 0 Å². The van der Waals surface area contributed by atoms with E-state index in [4.69, 9.17) is 11.6 Å². The zero-order valence-corrected chi connectivity index (χ0v) is 13.2. The maximum atomic E-state index is 12.6. The molecule has 0 amide bonds. The third kappa shape index (κ3) is 3.37. The number of hydrogen-bond donors (Lipinski definition) is 0. The van der Waals surface area contributed by atoms with Gasteiger partial charge in [0.2, 0.25) is 0 Å². The third-order valence-electron chi connectivity index (χ3n) is 3.43. The number of alkyl halides is 2. The maximum absolute atomic E-state index is 12.6. The highest BCUT2D eigenvalue weighted by atomic mass is 35.5. The standard InChI is InChI=1S/C18H13ClF2S/c19-16-4-2-1-3-14(16)11-15-9-10-17(22-15)12-5-7-13(8-6-12)18(20)21/h1-10,18H,11H2. The van der Waals surface area contributed by atoms with Crippen LogP contribution in [0.2, 0.25) is 5.02 Å². The first-order chi connectivity index (χ1) is 10.6. The van der Waals surface area contributed by atoms with E-state index >= 15 is 0 Å². The van der Waals surface area contributed by atoms with E-state index in [1.165, 1.54) is 17.0 Å². The summed E-state index contributed by atoms with van der Waals surface area (Å²) in [5.74, 6) is 0. The molecule has 0 bridgehead atoms. The summed E-state index contributed by atoms with van der Waals surface area (Å²) in [6.45, 7) is 0. The normalized spacial score (nSPS) is 11.1. The Balaban J connectivity index is 1.80. The van der Waals surface area contributed by atoms with Crippen LogP contribution in [0.15, 0.2) is 60.7 Å². The fourth-order valence-electron chi connectivity index (χ4n) is 2.25. The summed E-state index contributed by atoms with van der Waals surface area (Å²) in [7, 11) is 0. The second-order valence-corrected chi connectivity index (χ2v) is 6.53. The van der Waals surface area contributed by atoms with Gasteiger partial charge in [0.25, 0.3) is 6.43 Å². The molecule has 0 unspecified atom stereocenters. The Morgan fingerprint density at radius 1 is 0.909 bits per heavy atom. The number of hydrogen-bond acceptors (Lipinski definition) is 1. The molecule has 3 aromatic rings. The lowest BCUT2D eigenvalue weighted by Gasteiger charge is -2.02. The van der Waals surface area contributed by atoms with Gasteiger partial charge in [-0.2, -0.15) is 0 Å². The van der Waals surface area contributed by atoms with Crippen LogP contribution in [-0.2, 0) is 6.42 Å². The molecule has 0 saturated heterocycles. The van der Waals surface area contributed by atoms with Gasteiger partial charge in [0.1, 0.15) is 0 Å². The monoisotopic (exact) mass is 334 g/mol. The molecule has 0 aliphatic rings. The first-order valence-corrected chi connectivity index (χ1v) is 8.03. The minimum absolute atomic E-state index is 0.0524. The van der Waals surface area contributed by atoms with E-state index in [0.717, 1.165) is 27.4 Å². The molecule has 0 N–H and O–H groups in total. The van der Waals surface area contributed by atoms with Crippen molar-refractivity contribution in [3.05, 3.63) is 81.7 Å². The van der Waals surface area contributed by atoms with E-state index in [1.807, 2.05) is 30.3 Å². The first-order valence-electron chi connectivity index (χ1n) is 6.84. The predicted octanol–water partition coefficient (Wildman–Crippen LogP) is 6.60. The zero-order chi connectivity index (χ0) is 15.5. The molecular weight excluding hydrogens is 322 g/mol. The van der Waals surface area contributed by atoms with Crippen molar-refractivity contribution in [3.63, 3.8) is 0 Å². The van der Waals surface area contributed by atoms with E-state index in [2.05, 4.69) is 6.07 Å². The number of rotatable bonds is 4. The molecule has 0 spiro atoms. The Morgan fingerprint density at radius 2 is 1.64 bits per heavy atom. The smallest absolute Gasteiger partial charge is 0.205 e. The molecule has 0 saturated carbocycles. The van der Waals surface area contributed by atoms with Gasteiger partial charge in [-0.15, -0.1) is 11.3 Å². The van der Waals surface area contributed by atoms with Crippen LogP contribution in [0, 0.1) is 0 Å². The Labute approximate surface area is 137 Å². The van der Waals surface area contributed by atoms with Crippen molar-refractivity contribution in [2.75, 3.05) is 0 Å². The van der Waals surface area contributed by atoms with Crippen molar-refractivity contribution >= 4 is 22.9 Å². The lowest BCUT2D eigenvalue weighted by atomic mass is 10.1. The lowest BCUT2D eigenvalue weighted by molar-refractivity contribution is 0.151. The molecule has 2 aromatic carbocycles. The highest BCUT2D eigenvalue weighted by Gasteiger charge is 2.09. The minimum atomic E-state index is -2.42. The molecule has 0 aliphatic carbocycles. The van der Waals surface area contributed by atoms with Gasteiger partial charge < -0.3 is 0 Å². The van der Waals surface area contributed by atoms with Crippen molar-refractivity contribution in [3.8, 4) is 10.4 Å². The molecule has 0 nitrogen and oxygen atoms in total. The molecule has 1 aromatic heterocycles. The van der Waals surface area contributed by atoms with Crippen molar-refractivity contribution in [1.82, 2.24) is 0 Å². The fraction of sp³-hybridized carbons (Fsp3) is 0.111. The Hall–Kier alpha value is -1.71. The first kappa shape index (κ1) is 15.2. The second kappa shape index (κ2) is 6.59. The van der Waals surface area contributed by atoms with Crippen LogP contribution in [0.3, 0.4) is 0 Å². The minimum Gasteiger partial charge on any atom is -0.205 e. The highest BCUT2D eigenvalue weighted by Crippen LogP contribution is 2.31. The van der Waals surface area contributed by atoms with Gasteiger partial charge in [-0.05, 0) is 29.3 Å². The number of thiophene rings is 1. The molecule has 0 radical (unpaired) electrons. The molecule has 1 heterocycles. The van der Waals surface area contributed by atoms with E-state index in [9.17, 15) is 8.78 Å². The van der Waals surface area contributed by atoms with E-state index in [1.54, 1.807) is 23.5 Å². The number of benzene rings is 2. The van der Waals surface area contributed by atoms with Crippen molar-refractivity contribution < 1.29 is 8.78 Å². The lowest BCUT2D eigenvalue weighted by Crippen LogP contribution is -1.85. The van der Waals surface area contributed by atoms with Crippen LogP contribution < -0.4 is 0 Å². The van der Waals surface area contributed by atoms with E-state index in [-0.39, 0.29) is 5.56 Å².